The molecule has 0 aromatic carbocycles. The van der Waals surface area contributed by atoms with Gasteiger partial charge in [-0.15, -0.1) is 0 Å². The average molecular weight is 174 g/mol. The molecule has 1 rings (SSSR count). The van der Waals surface area contributed by atoms with Crippen LogP contribution in [0.2, 0.25) is 0 Å². The van der Waals surface area contributed by atoms with Crippen molar-refractivity contribution >= 4 is 18.8 Å². The van der Waals surface area contributed by atoms with Gasteiger partial charge in [-0.3, -0.25) is 4.31 Å². The predicted octanol–water partition coefficient (Wildman–Crippen LogP) is 1.37. The van der Waals surface area contributed by atoms with Crippen LogP contribution in [0.15, 0.2) is 0 Å². The highest BCUT2D eigenvalue weighted by molar-refractivity contribution is 7.78. The maximum atomic E-state index is 11.3. The number of hydrogen-bond acceptors (Lipinski definition) is 2. The Morgan fingerprint density at radius 2 is 1.91 bits per heavy atom. The standard InChI is InChI=1S/C7H14N2OS/c1-7(2,3)8-4-5-9(11)6(8)10/h11H,4-5H2,1-3H3. The van der Waals surface area contributed by atoms with E-state index < -0.39 is 0 Å². The first-order chi connectivity index (χ1) is 4.93. The van der Waals surface area contributed by atoms with Gasteiger partial charge in [-0.05, 0) is 20.8 Å². The van der Waals surface area contributed by atoms with Crippen LogP contribution in [0.3, 0.4) is 0 Å². The van der Waals surface area contributed by atoms with Crippen molar-refractivity contribution in [1.29, 1.82) is 0 Å². The fraction of sp³-hybridized carbons (Fsp3) is 0.857. The highest BCUT2D eigenvalue weighted by Gasteiger charge is 2.34. The first-order valence-corrected chi connectivity index (χ1v) is 4.11. The molecule has 0 saturated carbocycles. The first kappa shape index (κ1) is 8.71. The summed E-state index contributed by atoms with van der Waals surface area (Å²) in [6, 6.07) is 0.0147. The van der Waals surface area contributed by atoms with Crippen molar-refractivity contribution in [3.63, 3.8) is 0 Å². The van der Waals surface area contributed by atoms with Crippen molar-refractivity contribution < 1.29 is 4.79 Å². The van der Waals surface area contributed by atoms with Gasteiger partial charge in [0, 0.05) is 12.1 Å². The molecule has 4 heteroatoms. The van der Waals surface area contributed by atoms with E-state index in [1.807, 2.05) is 25.7 Å². The maximum Gasteiger partial charge on any atom is 0.330 e. The molecule has 1 aliphatic heterocycles. The van der Waals surface area contributed by atoms with Crippen molar-refractivity contribution in [2.75, 3.05) is 13.1 Å². The molecule has 0 aromatic rings. The van der Waals surface area contributed by atoms with Gasteiger partial charge in [-0.1, -0.05) is 12.8 Å². The lowest BCUT2D eigenvalue weighted by Crippen LogP contribution is -2.43. The summed E-state index contributed by atoms with van der Waals surface area (Å²) in [5.41, 5.74) is -0.0748. The van der Waals surface area contributed by atoms with E-state index in [1.54, 1.807) is 0 Å². The van der Waals surface area contributed by atoms with E-state index in [2.05, 4.69) is 12.8 Å². The second kappa shape index (κ2) is 2.59. The van der Waals surface area contributed by atoms with Crippen LogP contribution in [0.4, 0.5) is 4.79 Å². The summed E-state index contributed by atoms with van der Waals surface area (Å²) in [6.45, 7) is 7.58. The number of rotatable bonds is 0. The molecule has 0 N–H and O–H groups in total. The van der Waals surface area contributed by atoms with Gasteiger partial charge in [0.1, 0.15) is 0 Å². The molecule has 2 amide bonds. The topological polar surface area (TPSA) is 23.6 Å². The van der Waals surface area contributed by atoms with Gasteiger partial charge in [0.15, 0.2) is 0 Å². The number of amides is 2. The molecule has 0 radical (unpaired) electrons. The van der Waals surface area contributed by atoms with E-state index in [0.717, 1.165) is 13.1 Å². The molecule has 0 aromatic heterocycles. The quantitative estimate of drug-likeness (QED) is 0.551. The second-order valence-electron chi connectivity index (χ2n) is 3.73. The van der Waals surface area contributed by atoms with Crippen LogP contribution in [-0.4, -0.2) is 33.9 Å². The predicted molar refractivity (Wildman–Crippen MR) is 47.5 cm³/mol. The normalized spacial score (nSPS) is 19.8. The molecule has 1 aliphatic rings. The van der Waals surface area contributed by atoms with Gasteiger partial charge in [0.05, 0.1) is 6.54 Å². The molecule has 1 saturated heterocycles. The molecule has 0 bridgehead atoms. The highest BCUT2D eigenvalue weighted by atomic mass is 32.1. The van der Waals surface area contributed by atoms with Gasteiger partial charge in [0.25, 0.3) is 0 Å². The van der Waals surface area contributed by atoms with Crippen LogP contribution in [0.25, 0.3) is 0 Å². The van der Waals surface area contributed by atoms with Crippen LogP contribution in [-0.2, 0) is 0 Å². The lowest BCUT2D eigenvalue weighted by atomic mass is 10.1. The Balaban J connectivity index is 2.70. The zero-order valence-corrected chi connectivity index (χ0v) is 8.06. The van der Waals surface area contributed by atoms with Crippen LogP contribution in [0.1, 0.15) is 20.8 Å². The molecule has 64 valence electrons. The molecule has 3 nitrogen and oxygen atoms in total. The monoisotopic (exact) mass is 174 g/mol. The molecule has 0 spiro atoms. The van der Waals surface area contributed by atoms with Crippen molar-refractivity contribution in [3.8, 4) is 0 Å². The molecule has 0 unspecified atom stereocenters. The third-order valence-corrected chi connectivity index (χ3v) is 2.17. The number of urea groups is 1. The van der Waals surface area contributed by atoms with E-state index in [0.29, 0.717) is 0 Å². The van der Waals surface area contributed by atoms with E-state index in [4.69, 9.17) is 0 Å². The number of nitrogens with zero attached hydrogens (tertiary/aromatic N) is 2. The summed E-state index contributed by atoms with van der Waals surface area (Å²) in [5.74, 6) is 0. The van der Waals surface area contributed by atoms with Crippen molar-refractivity contribution in [2.24, 2.45) is 0 Å². The van der Waals surface area contributed by atoms with Gasteiger partial charge in [-0.2, -0.15) is 0 Å². The van der Waals surface area contributed by atoms with Crippen molar-refractivity contribution in [3.05, 3.63) is 0 Å². The third-order valence-electron chi connectivity index (χ3n) is 1.80. The van der Waals surface area contributed by atoms with Gasteiger partial charge in [0.2, 0.25) is 0 Å². The second-order valence-corrected chi connectivity index (χ2v) is 4.21. The third kappa shape index (κ3) is 1.61. The number of carbonyl (C=O) groups is 1. The van der Waals surface area contributed by atoms with E-state index in [9.17, 15) is 4.79 Å². The Morgan fingerprint density at radius 3 is 2.09 bits per heavy atom. The summed E-state index contributed by atoms with van der Waals surface area (Å²) in [5, 5.41) is 0. The fourth-order valence-corrected chi connectivity index (χ4v) is 1.35. The van der Waals surface area contributed by atoms with Crippen molar-refractivity contribution in [1.82, 2.24) is 9.21 Å². The van der Waals surface area contributed by atoms with E-state index >= 15 is 0 Å². The summed E-state index contributed by atoms with van der Waals surface area (Å²) < 4.78 is 1.45. The summed E-state index contributed by atoms with van der Waals surface area (Å²) >= 11 is 4.02. The Labute approximate surface area is 72.9 Å². The minimum atomic E-state index is -0.0748. The first-order valence-electron chi connectivity index (χ1n) is 3.71. The zero-order chi connectivity index (χ0) is 8.65. The maximum absolute atomic E-state index is 11.3. The van der Waals surface area contributed by atoms with E-state index in [-0.39, 0.29) is 11.6 Å². The van der Waals surface area contributed by atoms with Crippen LogP contribution < -0.4 is 0 Å². The summed E-state index contributed by atoms with van der Waals surface area (Å²) in [6.07, 6.45) is 0. The van der Waals surface area contributed by atoms with Gasteiger partial charge >= 0.3 is 6.03 Å². The molecule has 1 fully saturated rings. The lowest BCUT2D eigenvalue weighted by molar-refractivity contribution is 0.165. The molecule has 0 aliphatic carbocycles. The molecular formula is C7H14N2OS. The lowest BCUT2D eigenvalue weighted by Gasteiger charge is -2.30. The average Bonchev–Trinajstić information content (AvgIpc) is 2.11. The van der Waals surface area contributed by atoms with Crippen LogP contribution in [0.5, 0.6) is 0 Å². The fourth-order valence-electron chi connectivity index (χ4n) is 1.15. The minimum Gasteiger partial charge on any atom is -0.317 e. The van der Waals surface area contributed by atoms with Crippen LogP contribution in [0, 0.1) is 0 Å². The summed E-state index contributed by atoms with van der Waals surface area (Å²) in [7, 11) is 0. The summed E-state index contributed by atoms with van der Waals surface area (Å²) in [4.78, 5) is 13.1. The Kier molecular flexibility index (Phi) is 2.05. The number of hydrogen-bond donors (Lipinski definition) is 1. The van der Waals surface area contributed by atoms with Crippen molar-refractivity contribution in [2.45, 2.75) is 26.3 Å². The molecule has 1 heterocycles. The Morgan fingerprint density at radius 1 is 1.36 bits per heavy atom. The van der Waals surface area contributed by atoms with Crippen LogP contribution >= 0.6 is 12.8 Å². The highest BCUT2D eigenvalue weighted by Crippen LogP contribution is 2.20. The van der Waals surface area contributed by atoms with Gasteiger partial charge < -0.3 is 4.90 Å². The largest absolute Gasteiger partial charge is 0.330 e. The molecular weight excluding hydrogens is 160 g/mol. The zero-order valence-electron chi connectivity index (χ0n) is 7.16. The molecule has 11 heavy (non-hydrogen) atoms. The number of thiol groups is 1. The Bertz CT molecular complexity index is 176. The minimum absolute atomic E-state index is 0.0147. The van der Waals surface area contributed by atoms with Gasteiger partial charge in [-0.25, -0.2) is 4.79 Å². The number of carbonyl (C=O) groups excluding carboxylic acids is 1. The smallest absolute Gasteiger partial charge is 0.317 e. The Hall–Kier alpha value is -0.380. The SMILES string of the molecule is CC(C)(C)N1CCN(S)C1=O. The molecule has 0 atom stereocenters. The van der Waals surface area contributed by atoms with E-state index in [1.165, 1.54) is 4.31 Å².